The van der Waals surface area contributed by atoms with Gasteiger partial charge in [-0.3, -0.25) is 4.79 Å². The number of methoxy groups -OCH3 is 2. The van der Waals surface area contributed by atoms with Gasteiger partial charge in [0, 0.05) is 40.3 Å². The van der Waals surface area contributed by atoms with Gasteiger partial charge in [-0.15, -0.1) is 0 Å². The summed E-state index contributed by atoms with van der Waals surface area (Å²) in [6.45, 7) is 3.74. The quantitative estimate of drug-likeness (QED) is 0.438. The average molecular weight is 248 g/mol. The molecule has 0 aromatic heterocycles. The maximum atomic E-state index is 11.3. The van der Waals surface area contributed by atoms with Crippen LogP contribution in [0.15, 0.2) is 0 Å². The molecule has 0 rings (SSSR count). The Balaban J connectivity index is 3.57. The molecule has 0 aliphatic heterocycles. The highest BCUT2D eigenvalue weighted by Gasteiger charge is 2.19. The number of amides is 1. The average Bonchev–Trinajstić information content (AvgIpc) is 2.26. The zero-order valence-corrected chi connectivity index (χ0v) is 10.9. The minimum Gasteiger partial charge on any atom is -0.389 e. The van der Waals surface area contributed by atoms with E-state index < -0.39 is 5.60 Å². The fourth-order valence-corrected chi connectivity index (χ4v) is 1.21. The second kappa shape index (κ2) is 9.35. The number of carbonyl (C=O) groups is 1. The van der Waals surface area contributed by atoms with E-state index in [-0.39, 0.29) is 12.5 Å². The third-order valence-electron chi connectivity index (χ3n) is 2.26. The number of nitrogens with one attached hydrogen (secondary N) is 2. The lowest BCUT2D eigenvalue weighted by molar-refractivity contribution is -0.120. The topological polar surface area (TPSA) is 79.8 Å². The van der Waals surface area contributed by atoms with Gasteiger partial charge < -0.3 is 25.2 Å². The van der Waals surface area contributed by atoms with Crippen molar-refractivity contribution in [2.24, 2.45) is 0 Å². The van der Waals surface area contributed by atoms with Gasteiger partial charge in [0.25, 0.3) is 0 Å². The first-order valence-corrected chi connectivity index (χ1v) is 5.69. The van der Waals surface area contributed by atoms with Crippen LogP contribution in [-0.4, -0.2) is 63.7 Å². The summed E-state index contributed by atoms with van der Waals surface area (Å²) in [6.07, 6.45) is 0.530. The highest BCUT2D eigenvalue weighted by molar-refractivity contribution is 5.77. The Morgan fingerprint density at radius 2 is 1.94 bits per heavy atom. The number of ether oxygens (including phenoxy) is 2. The molecule has 0 fully saturated rings. The first kappa shape index (κ1) is 16.3. The zero-order chi connectivity index (χ0) is 13.1. The van der Waals surface area contributed by atoms with Crippen molar-refractivity contribution in [3.63, 3.8) is 0 Å². The lowest BCUT2D eigenvalue weighted by Crippen LogP contribution is -2.43. The summed E-state index contributed by atoms with van der Waals surface area (Å²) in [5.41, 5.74) is -0.858. The standard InChI is InChI=1S/C11H24N2O4/c1-11(15,4-6-16-2)9-12-8-10(14)13-5-7-17-3/h12,15H,4-9H2,1-3H3,(H,13,14). The van der Waals surface area contributed by atoms with Crippen LogP contribution in [0.2, 0.25) is 0 Å². The van der Waals surface area contributed by atoms with E-state index in [9.17, 15) is 9.90 Å². The summed E-state index contributed by atoms with van der Waals surface area (Å²) in [5, 5.41) is 15.5. The van der Waals surface area contributed by atoms with Crippen LogP contribution in [0.4, 0.5) is 0 Å². The molecule has 0 aromatic rings. The van der Waals surface area contributed by atoms with Crippen LogP contribution in [0, 0.1) is 0 Å². The van der Waals surface area contributed by atoms with Crippen LogP contribution < -0.4 is 10.6 Å². The molecule has 17 heavy (non-hydrogen) atoms. The molecule has 0 heterocycles. The summed E-state index contributed by atoms with van der Waals surface area (Å²) < 4.78 is 9.70. The molecule has 1 atom stereocenters. The minimum atomic E-state index is -0.858. The van der Waals surface area contributed by atoms with Crippen molar-refractivity contribution in [3.8, 4) is 0 Å². The molecule has 0 saturated heterocycles. The van der Waals surface area contributed by atoms with E-state index in [0.717, 1.165) is 0 Å². The monoisotopic (exact) mass is 248 g/mol. The van der Waals surface area contributed by atoms with E-state index >= 15 is 0 Å². The lowest BCUT2D eigenvalue weighted by Gasteiger charge is -2.23. The molecular weight excluding hydrogens is 224 g/mol. The highest BCUT2D eigenvalue weighted by Crippen LogP contribution is 2.06. The smallest absolute Gasteiger partial charge is 0.234 e. The molecular formula is C11H24N2O4. The summed E-state index contributed by atoms with van der Waals surface area (Å²) in [7, 11) is 3.17. The van der Waals surface area contributed by atoms with Crippen molar-refractivity contribution in [1.29, 1.82) is 0 Å². The molecule has 1 amide bonds. The third-order valence-corrected chi connectivity index (χ3v) is 2.26. The predicted octanol–water partition coefficient (Wildman–Crippen LogP) is -0.874. The van der Waals surface area contributed by atoms with Crippen molar-refractivity contribution in [1.82, 2.24) is 10.6 Å². The molecule has 0 radical (unpaired) electrons. The maximum Gasteiger partial charge on any atom is 0.234 e. The van der Waals surface area contributed by atoms with Gasteiger partial charge in [-0.05, 0) is 6.92 Å². The van der Waals surface area contributed by atoms with E-state index in [0.29, 0.717) is 32.7 Å². The molecule has 0 saturated carbocycles. The summed E-state index contributed by atoms with van der Waals surface area (Å²) in [5.74, 6) is -0.107. The van der Waals surface area contributed by atoms with Crippen molar-refractivity contribution in [2.45, 2.75) is 18.9 Å². The third kappa shape index (κ3) is 10.2. The van der Waals surface area contributed by atoms with Gasteiger partial charge in [0.15, 0.2) is 0 Å². The van der Waals surface area contributed by atoms with Gasteiger partial charge in [0.2, 0.25) is 5.91 Å². The molecule has 102 valence electrons. The summed E-state index contributed by atoms with van der Waals surface area (Å²) in [4.78, 5) is 11.3. The Hall–Kier alpha value is -0.690. The van der Waals surface area contributed by atoms with Crippen molar-refractivity contribution in [2.75, 3.05) is 47.1 Å². The molecule has 6 nitrogen and oxygen atoms in total. The molecule has 6 heteroatoms. The molecule has 0 aliphatic carbocycles. The molecule has 0 spiro atoms. The SMILES string of the molecule is COCCNC(=O)CNCC(C)(O)CCOC. The molecule has 3 N–H and O–H groups in total. The predicted molar refractivity (Wildman–Crippen MR) is 64.9 cm³/mol. The zero-order valence-electron chi connectivity index (χ0n) is 10.9. The van der Waals surface area contributed by atoms with E-state index in [1.165, 1.54) is 0 Å². The number of aliphatic hydroxyl groups is 1. The largest absolute Gasteiger partial charge is 0.389 e. The van der Waals surface area contributed by atoms with Gasteiger partial charge >= 0.3 is 0 Å². The van der Waals surface area contributed by atoms with E-state index in [1.807, 2.05) is 0 Å². The van der Waals surface area contributed by atoms with Crippen LogP contribution in [0.3, 0.4) is 0 Å². The van der Waals surface area contributed by atoms with Crippen LogP contribution in [-0.2, 0) is 14.3 Å². The van der Waals surface area contributed by atoms with Crippen LogP contribution >= 0.6 is 0 Å². The maximum absolute atomic E-state index is 11.3. The fraction of sp³-hybridized carbons (Fsp3) is 0.909. The minimum absolute atomic E-state index is 0.107. The number of carbonyl (C=O) groups excluding carboxylic acids is 1. The summed E-state index contributed by atoms with van der Waals surface area (Å²) in [6, 6.07) is 0. The second-order valence-corrected chi connectivity index (χ2v) is 4.19. The van der Waals surface area contributed by atoms with Gasteiger partial charge in [-0.25, -0.2) is 0 Å². The van der Waals surface area contributed by atoms with Gasteiger partial charge in [0.1, 0.15) is 0 Å². The molecule has 0 bridgehead atoms. The first-order valence-electron chi connectivity index (χ1n) is 5.69. The number of hydrogen-bond donors (Lipinski definition) is 3. The lowest BCUT2D eigenvalue weighted by atomic mass is 10.0. The molecule has 0 aromatic carbocycles. The summed E-state index contributed by atoms with van der Waals surface area (Å²) >= 11 is 0. The first-order chi connectivity index (χ1) is 8.02. The van der Waals surface area contributed by atoms with Crippen LogP contribution in [0.1, 0.15) is 13.3 Å². The van der Waals surface area contributed by atoms with Gasteiger partial charge in [-0.1, -0.05) is 0 Å². The Bertz CT molecular complexity index is 210. The Labute approximate surface area is 103 Å². The van der Waals surface area contributed by atoms with Crippen LogP contribution in [0.25, 0.3) is 0 Å². The van der Waals surface area contributed by atoms with Crippen molar-refractivity contribution < 1.29 is 19.4 Å². The Kier molecular flexibility index (Phi) is 8.97. The molecule has 0 aliphatic rings. The van der Waals surface area contributed by atoms with Crippen LogP contribution in [0.5, 0.6) is 0 Å². The molecule has 1 unspecified atom stereocenters. The highest BCUT2D eigenvalue weighted by atomic mass is 16.5. The fourth-order valence-electron chi connectivity index (χ4n) is 1.21. The Morgan fingerprint density at radius 1 is 1.29 bits per heavy atom. The number of hydrogen-bond acceptors (Lipinski definition) is 5. The van der Waals surface area contributed by atoms with Crippen molar-refractivity contribution >= 4 is 5.91 Å². The Morgan fingerprint density at radius 3 is 2.53 bits per heavy atom. The second-order valence-electron chi connectivity index (χ2n) is 4.19. The normalized spacial score (nSPS) is 14.4. The number of rotatable bonds is 10. The van der Waals surface area contributed by atoms with Gasteiger partial charge in [-0.2, -0.15) is 0 Å². The van der Waals surface area contributed by atoms with Gasteiger partial charge in [0.05, 0.1) is 18.8 Å². The van der Waals surface area contributed by atoms with E-state index in [2.05, 4.69) is 10.6 Å². The van der Waals surface area contributed by atoms with Crippen molar-refractivity contribution in [3.05, 3.63) is 0 Å². The van der Waals surface area contributed by atoms with E-state index in [4.69, 9.17) is 9.47 Å². The van der Waals surface area contributed by atoms with E-state index in [1.54, 1.807) is 21.1 Å².